The quantitative estimate of drug-likeness (QED) is 0.778. The van der Waals surface area contributed by atoms with E-state index >= 15 is 0 Å². The molecule has 2 N–H and O–H groups in total. The Balaban J connectivity index is 1.54. The fraction of sp³-hybridized carbons (Fsp3) is 0.429. The Bertz CT molecular complexity index is 684. The van der Waals surface area contributed by atoms with Gasteiger partial charge in [-0.1, -0.05) is 0 Å². The van der Waals surface area contributed by atoms with Crippen LogP contribution in [0.5, 0.6) is 0 Å². The lowest BCUT2D eigenvalue weighted by Crippen LogP contribution is -2.44. The third-order valence-electron chi connectivity index (χ3n) is 4.28. The van der Waals surface area contributed by atoms with Crippen molar-refractivity contribution < 1.29 is 9.21 Å². The number of nitrogens with one attached hydrogen (secondary N) is 2. The number of carbonyl (C=O) groups excluding carboxylic acids is 1. The molecule has 1 aliphatic carbocycles. The smallest absolute Gasteiger partial charge is 0.270 e. The van der Waals surface area contributed by atoms with Gasteiger partial charge in [0.15, 0.2) is 3.77 Å². The highest BCUT2D eigenvalue weighted by atomic mass is 127. The largest absolute Gasteiger partial charge is 0.450 e. The van der Waals surface area contributed by atoms with Crippen molar-refractivity contribution in [2.75, 3.05) is 6.54 Å². The van der Waals surface area contributed by atoms with Crippen LogP contribution < -0.4 is 10.6 Å². The first-order chi connectivity index (χ1) is 9.69. The fourth-order valence-electron chi connectivity index (χ4n) is 3.28. The summed E-state index contributed by atoms with van der Waals surface area (Å²) in [5.74, 6) is 0.466. The topological polar surface area (TPSA) is 67.2 Å². The molecule has 2 aliphatic rings. The predicted molar refractivity (Wildman–Crippen MR) is 82.5 cm³/mol. The zero-order valence-corrected chi connectivity index (χ0v) is 12.9. The summed E-state index contributed by atoms with van der Waals surface area (Å²) in [5, 5.41) is 7.48. The van der Waals surface area contributed by atoms with Gasteiger partial charge in [-0.05, 0) is 47.4 Å². The average molecular weight is 383 g/mol. The standard InChI is InChI=1S/C14H14IN3O2/c15-13-2-8-6-17-11(4-12(8)20-13)14(19)18-10-3-9-1-7(10)5-16-9/h2,4,6-7,9-10,16H,1,3,5H2,(H,18,19). The number of piperidine rings is 1. The van der Waals surface area contributed by atoms with Gasteiger partial charge in [0.05, 0.1) is 0 Å². The third kappa shape index (κ3) is 2.10. The van der Waals surface area contributed by atoms with Crippen LogP contribution in [0.4, 0.5) is 0 Å². The van der Waals surface area contributed by atoms with Crippen molar-refractivity contribution in [3.8, 4) is 0 Å². The number of fused-ring (bicyclic) bond motifs is 3. The molecule has 5 nitrogen and oxygen atoms in total. The molecule has 1 saturated carbocycles. The molecule has 0 aromatic carbocycles. The monoisotopic (exact) mass is 383 g/mol. The van der Waals surface area contributed by atoms with Crippen LogP contribution >= 0.6 is 22.6 Å². The molecule has 2 bridgehead atoms. The second kappa shape index (κ2) is 4.70. The van der Waals surface area contributed by atoms with Gasteiger partial charge in [0, 0.05) is 36.3 Å². The first kappa shape index (κ1) is 12.6. The molecule has 4 rings (SSSR count). The van der Waals surface area contributed by atoms with Gasteiger partial charge in [0.1, 0.15) is 11.3 Å². The van der Waals surface area contributed by atoms with Gasteiger partial charge >= 0.3 is 0 Å². The minimum absolute atomic E-state index is 0.101. The van der Waals surface area contributed by atoms with E-state index in [1.165, 1.54) is 6.42 Å². The van der Waals surface area contributed by atoms with Crippen LogP contribution in [0.1, 0.15) is 23.3 Å². The Kier molecular flexibility index (Phi) is 2.95. The molecule has 0 radical (unpaired) electrons. The number of rotatable bonds is 2. The molecule has 20 heavy (non-hydrogen) atoms. The molecule has 104 valence electrons. The van der Waals surface area contributed by atoms with E-state index in [9.17, 15) is 4.79 Å². The fourth-order valence-corrected chi connectivity index (χ4v) is 3.85. The van der Waals surface area contributed by atoms with Crippen LogP contribution in [-0.4, -0.2) is 29.5 Å². The summed E-state index contributed by atoms with van der Waals surface area (Å²) in [6.07, 6.45) is 3.89. The maximum Gasteiger partial charge on any atom is 0.270 e. The van der Waals surface area contributed by atoms with E-state index in [0.717, 1.165) is 22.1 Å². The van der Waals surface area contributed by atoms with Crippen molar-refractivity contribution in [3.05, 3.63) is 27.8 Å². The summed E-state index contributed by atoms with van der Waals surface area (Å²) in [5.41, 5.74) is 1.14. The number of hydrogen-bond donors (Lipinski definition) is 2. The lowest BCUT2D eigenvalue weighted by molar-refractivity contribution is 0.0920. The van der Waals surface area contributed by atoms with Gasteiger partial charge in [-0.15, -0.1) is 0 Å². The van der Waals surface area contributed by atoms with Crippen molar-refractivity contribution in [1.29, 1.82) is 0 Å². The Morgan fingerprint density at radius 1 is 1.45 bits per heavy atom. The summed E-state index contributed by atoms with van der Waals surface area (Å²) < 4.78 is 6.34. The molecule has 2 aromatic rings. The molecule has 1 aliphatic heterocycles. The van der Waals surface area contributed by atoms with Crippen LogP contribution in [0.2, 0.25) is 0 Å². The average Bonchev–Trinajstić information content (AvgIpc) is 3.10. The van der Waals surface area contributed by atoms with E-state index in [1.54, 1.807) is 12.3 Å². The van der Waals surface area contributed by atoms with Crippen molar-refractivity contribution in [1.82, 2.24) is 15.6 Å². The zero-order chi connectivity index (χ0) is 13.7. The van der Waals surface area contributed by atoms with Crippen LogP contribution in [0.3, 0.4) is 0 Å². The van der Waals surface area contributed by atoms with Gasteiger partial charge < -0.3 is 15.1 Å². The van der Waals surface area contributed by atoms with Crippen LogP contribution in [0, 0.1) is 9.68 Å². The van der Waals surface area contributed by atoms with Crippen molar-refractivity contribution in [3.63, 3.8) is 0 Å². The molecular formula is C14H14IN3O2. The number of halogens is 1. The predicted octanol–water partition coefficient (Wildman–Crippen LogP) is 1.91. The molecule has 2 fully saturated rings. The van der Waals surface area contributed by atoms with E-state index in [-0.39, 0.29) is 11.9 Å². The summed E-state index contributed by atoms with van der Waals surface area (Å²) in [4.78, 5) is 16.5. The van der Waals surface area contributed by atoms with E-state index in [0.29, 0.717) is 23.2 Å². The highest BCUT2D eigenvalue weighted by molar-refractivity contribution is 14.1. The molecule has 1 saturated heterocycles. The molecule has 6 heteroatoms. The van der Waals surface area contributed by atoms with Gasteiger partial charge in [-0.2, -0.15) is 0 Å². The maximum absolute atomic E-state index is 12.3. The molecular weight excluding hydrogens is 369 g/mol. The summed E-state index contributed by atoms with van der Waals surface area (Å²) in [7, 11) is 0. The number of pyridine rings is 1. The SMILES string of the molecule is O=C(NC1CC2CC1CN2)c1cc2oc(I)cc2cn1. The number of nitrogens with zero attached hydrogens (tertiary/aromatic N) is 1. The number of furan rings is 1. The number of carbonyl (C=O) groups is 1. The first-order valence-electron chi connectivity index (χ1n) is 6.78. The van der Waals surface area contributed by atoms with Crippen LogP contribution in [0.25, 0.3) is 11.0 Å². The Morgan fingerprint density at radius 2 is 2.35 bits per heavy atom. The van der Waals surface area contributed by atoms with Crippen molar-refractivity contribution in [2.45, 2.75) is 24.9 Å². The lowest BCUT2D eigenvalue weighted by atomic mass is 10.0. The number of hydrogen-bond acceptors (Lipinski definition) is 4. The molecule has 3 atom stereocenters. The number of amides is 1. The second-order valence-electron chi connectivity index (χ2n) is 5.57. The van der Waals surface area contributed by atoms with Gasteiger partial charge in [0.25, 0.3) is 5.91 Å². The highest BCUT2D eigenvalue weighted by Crippen LogP contribution is 2.31. The zero-order valence-electron chi connectivity index (χ0n) is 10.7. The van der Waals surface area contributed by atoms with E-state index in [4.69, 9.17) is 4.42 Å². The summed E-state index contributed by atoms with van der Waals surface area (Å²) >= 11 is 2.11. The summed E-state index contributed by atoms with van der Waals surface area (Å²) in [6, 6.07) is 4.49. The van der Waals surface area contributed by atoms with Crippen LogP contribution in [-0.2, 0) is 0 Å². The first-order valence-corrected chi connectivity index (χ1v) is 7.86. The normalized spacial score (nSPS) is 28.1. The molecule has 3 heterocycles. The molecule has 2 aromatic heterocycles. The lowest BCUT2D eigenvalue weighted by Gasteiger charge is -2.23. The van der Waals surface area contributed by atoms with Crippen molar-refractivity contribution >= 4 is 39.5 Å². The summed E-state index contributed by atoms with van der Waals surface area (Å²) in [6.45, 7) is 1.01. The molecule has 0 spiro atoms. The molecule has 3 unspecified atom stereocenters. The Morgan fingerprint density at radius 3 is 3.10 bits per heavy atom. The Labute approximate surface area is 129 Å². The van der Waals surface area contributed by atoms with E-state index in [2.05, 4.69) is 38.2 Å². The van der Waals surface area contributed by atoms with Crippen LogP contribution in [0.15, 0.2) is 22.7 Å². The van der Waals surface area contributed by atoms with Gasteiger partial charge in [-0.25, -0.2) is 0 Å². The second-order valence-corrected chi connectivity index (χ2v) is 6.64. The van der Waals surface area contributed by atoms with E-state index < -0.39 is 0 Å². The van der Waals surface area contributed by atoms with Gasteiger partial charge in [0.2, 0.25) is 0 Å². The Hall–Kier alpha value is -1.15. The third-order valence-corrected chi connectivity index (χ3v) is 4.82. The van der Waals surface area contributed by atoms with E-state index in [1.807, 2.05) is 6.07 Å². The highest BCUT2D eigenvalue weighted by Gasteiger charge is 2.40. The minimum Gasteiger partial charge on any atom is -0.450 e. The van der Waals surface area contributed by atoms with Crippen molar-refractivity contribution in [2.24, 2.45) is 5.92 Å². The molecule has 1 amide bonds. The van der Waals surface area contributed by atoms with Gasteiger partial charge in [-0.3, -0.25) is 9.78 Å². The maximum atomic E-state index is 12.3. The minimum atomic E-state index is -0.101. The number of aromatic nitrogens is 1.